The largest absolute Gasteiger partial charge is 0.493 e. The molecule has 3 aliphatic rings. The smallest absolute Gasteiger partial charge is 0.343 e. The van der Waals surface area contributed by atoms with E-state index in [1.807, 2.05) is 12.2 Å². The molecule has 5 rings (SSSR count). The molecule has 1 aliphatic heterocycles. The Kier molecular flexibility index (Phi) is 6.09. The first-order valence-corrected chi connectivity index (χ1v) is 11.6. The Balaban J connectivity index is 1.36. The summed E-state index contributed by atoms with van der Waals surface area (Å²) in [6.45, 7) is 1.25. The Morgan fingerprint density at radius 2 is 1.64 bits per heavy atom. The number of ether oxygens (including phenoxy) is 3. The van der Waals surface area contributed by atoms with E-state index in [2.05, 4.69) is 5.10 Å². The van der Waals surface area contributed by atoms with Gasteiger partial charge in [0.05, 0.1) is 30.7 Å². The van der Waals surface area contributed by atoms with Crippen LogP contribution < -0.4 is 14.2 Å². The number of imide groups is 1. The molecule has 10 heteroatoms. The van der Waals surface area contributed by atoms with Crippen LogP contribution in [0.3, 0.4) is 0 Å². The minimum atomic E-state index is -0.717. The van der Waals surface area contributed by atoms with Crippen molar-refractivity contribution in [3.63, 3.8) is 0 Å². The van der Waals surface area contributed by atoms with Gasteiger partial charge >= 0.3 is 11.9 Å². The molecule has 0 radical (unpaired) electrons. The lowest BCUT2D eigenvalue weighted by Crippen LogP contribution is -2.28. The van der Waals surface area contributed by atoms with Crippen LogP contribution in [0.5, 0.6) is 17.2 Å². The molecule has 2 aliphatic carbocycles. The van der Waals surface area contributed by atoms with Gasteiger partial charge in [-0.15, -0.1) is 0 Å². The number of hydrazone groups is 1. The van der Waals surface area contributed by atoms with E-state index in [1.54, 1.807) is 0 Å². The molecule has 1 saturated heterocycles. The summed E-state index contributed by atoms with van der Waals surface area (Å²) in [6, 6.07) is 8.76. The molecule has 2 bridgehead atoms. The normalized spacial score (nSPS) is 23.9. The molecule has 0 spiro atoms. The highest BCUT2D eigenvalue weighted by Gasteiger charge is 2.59. The highest BCUT2D eigenvalue weighted by molar-refractivity contribution is 6.31. The number of benzene rings is 2. The van der Waals surface area contributed by atoms with E-state index in [-0.39, 0.29) is 58.3 Å². The molecule has 0 unspecified atom stereocenters. The molecule has 36 heavy (non-hydrogen) atoms. The van der Waals surface area contributed by atoms with Gasteiger partial charge in [0, 0.05) is 17.5 Å². The van der Waals surface area contributed by atoms with Gasteiger partial charge in [0.25, 0.3) is 11.8 Å². The summed E-state index contributed by atoms with van der Waals surface area (Å²) in [7, 11) is 1.38. The monoisotopic (exact) mass is 508 g/mol. The van der Waals surface area contributed by atoms with E-state index in [4.69, 9.17) is 25.8 Å². The number of fused-ring (bicyclic) bond motifs is 5. The first kappa shape index (κ1) is 23.7. The van der Waals surface area contributed by atoms with E-state index in [9.17, 15) is 19.2 Å². The Hall–Kier alpha value is -3.98. The van der Waals surface area contributed by atoms with Gasteiger partial charge in [-0.25, -0.2) is 4.79 Å². The minimum absolute atomic E-state index is 0.0727. The SMILES string of the molecule is COc1cc(C(=O)Oc2ccc(Cl)cc2C=NN2C(=O)[C@@H]3[C@H](C2=O)[C@H]2C=C[C@H]3C2)ccc1OC(C)=O. The average Bonchev–Trinajstić information content (AvgIpc) is 3.53. The average molecular weight is 509 g/mol. The van der Waals surface area contributed by atoms with E-state index < -0.39 is 11.9 Å². The van der Waals surface area contributed by atoms with Crippen LogP contribution in [0.1, 0.15) is 29.3 Å². The number of esters is 2. The van der Waals surface area contributed by atoms with Crippen molar-refractivity contribution in [1.29, 1.82) is 0 Å². The van der Waals surface area contributed by atoms with Gasteiger partial charge < -0.3 is 14.2 Å². The summed E-state index contributed by atoms with van der Waals surface area (Å²) in [5.74, 6) is -2.02. The van der Waals surface area contributed by atoms with E-state index in [1.165, 1.54) is 56.6 Å². The van der Waals surface area contributed by atoms with Crippen LogP contribution in [-0.2, 0) is 14.4 Å². The van der Waals surface area contributed by atoms with Gasteiger partial charge in [-0.1, -0.05) is 23.8 Å². The highest BCUT2D eigenvalue weighted by atomic mass is 35.5. The van der Waals surface area contributed by atoms with Crippen molar-refractivity contribution in [1.82, 2.24) is 5.01 Å². The van der Waals surface area contributed by atoms with Crippen LogP contribution in [0.2, 0.25) is 5.02 Å². The third-order valence-electron chi connectivity index (χ3n) is 6.59. The van der Waals surface area contributed by atoms with Crippen LogP contribution in [0, 0.1) is 23.7 Å². The summed E-state index contributed by atoms with van der Waals surface area (Å²) in [6.07, 6.45) is 6.12. The molecule has 2 aromatic carbocycles. The van der Waals surface area contributed by atoms with Gasteiger partial charge in [0.1, 0.15) is 5.75 Å². The maximum atomic E-state index is 12.9. The Bertz CT molecular complexity index is 1320. The fourth-order valence-corrected chi connectivity index (χ4v) is 5.21. The quantitative estimate of drug-likeness (QED) is 0.192. The van der Waals surface area contributed by atoms with Crippen molar-refractivity contribution in [2.24, 2.45) is 28.8 Å². The topological polar surface area (TPSA) is 112 Å². The number of allylic oxidation sites excluding steroid dienone is 2. The second kappa shape index (κ2) is 9.23. The molecular formula is C26H21ClN2O7. The lowest BCUT2D eigenvalue weighted by molar-refractivity contribution is -0.140. The number of halogens is 1. The van der Waals surface area contributed by atoms with E-state index in [0.717, 1.165) is 11.4 Å². The van der Waals surface area contributed by atoms with Crippen LogP contribution in [-0.4, -0.2) is 42.1 Å². The fraction of sp³-hybridized carbons (Fsp3) is 0.269. The Morgan fingerprint density at radius 3 is 2.28 bits per heavy atom. The molecule has 2 amide bonds. The second-order valence-electron chi connectivity index (χ2n) is 8.76. The molecule has 0 aromatic heterocycles. The Morgan fingerprint density at radius 1 is 0.972 bits per heavy atom. The number of methoxy groups -OCH3 is 1. The number of amides is 2. The molecule has 2 aromatic rings. The standard InChI is InChI=1S/C26H21ClN2O7/c1-13(30)35-20-7-5-16(11-21(20)34-2)26(33)36-19-8-6-18(27)10-17(19)12-28-29-24(31)22-14-3-4-15(9-14)23(22)25(29)32/h3-8,10-12,14-15,22-23H,9H2,1-2H3/t14-,15-,22-,23+/m0/s1. The molecule has 4 atom stereocenters. The minimum Gasteiger partial charge on any atom is -0.493 e. The molecule has 2 fully saturated rings. The van der Waals surface area contributed by atoms with Crippen molar-refractivity contribution >= 4 is 41.6 Å². The Labute approximate surface area is 211 Å². The first-order chi connectivity index (χ1) is 17.3. The number of carbonyl (C=O) groups is 4. The number of hydrogen-bond acceptors (Lipinski definition) is 8. The summed E-state index contributed by atoms with van der Waals surface area (Å²) in [4.78, 5) is 49.9. The van der Waals surface area contributed by atoms with E-state index in [0.29, 0.717) is 10.6 Å². The molecule has 1 heterocycles. The molecule has 1 saturated carbocycles. The first-order valence-electron chi connectivity index (χ1n) is 11.2. The second-order valence-corrected chi connectivity index (χ2v) is 9.20. The molecule has 184 valence electrons. The van der Waals surface area contributed by atoms with Gasteiger partial charge in [0.2, 0.25) is 0 Å². The zero-order chi connectivity index (χ0) is 25.6. The lowest BCUT2D eigenvalue weighted by atomic mass is 9.85. The third kappa shape index (κ3) is 4.15. The zero-order valence-electron chi connectivity index (χ0n) is 19.3. The van der Waals surface area contributed by atoms with Crippen LogP contribution in [0.4, 0.5) is 0 Å². The summed E-state index contributed by atoms with van der Waals surface area (Å²) >= 11 is 6.13. The van der Waals surface area contributed by atoms with Gasteiger partial charge in [0.15, 0.2) is 11.5 Å². The van der Waals surface area contributed by atoms with Crippen LogP contribution >= 0.6 is 11.6 Å². The van der Waals surface area contributed by atoms with Gasteiger partial charge in [-0.2, -0.15) is 10.1 Å². The molecular weight excluding hydrogens is 488 g/mol. The molecule has 9 nitrogen and oxygen atoms in total. The van der Waals surface area contributed by atoms with Crippen molar-refractivity contribution in [2.75, 3.05) is 7.11 Å². The number of nitrogens with zero attached hydrogens (tertiary/aromatic N) is 2. The lowest BCUT2D eigenvalue weighted by Gasteiger charge is -2.13. The summed E-state index contributed by atoms with van der Waals surface area (Å²) < 4.78 is 15.8. The predicted molar refractivity (Wildman–Crippen MR) is 128 cm³/mol. The van der Waals surface area contributed by atoms with Crippen molar-refractivity contribution in [2.45, 2.75) is 13.3 Å². The van der Waals surface area contributed by atoms with E-state index >= 15 is 0 Å². The maximum Gasteiger partial charge on any atom is 0.343 e. The molecule has 0 N–H and O–H groups in total. The van der Waals surface area contributed by atoms with Gasteiger partial charge in [-0.3, -0.25) is 14.4 Å². The van der Waals surface area contributed by atoms with Crippen LogP contribution in [0.25, 0.3) is 0 Å². The maximum absolute atomic E-state index is 12.9. The highest BCUT2D eigenvalue weighted by Crippen LogP contribution is 2.52. The summed E-state index contributed by atoms with van der Waals surface area (Å²) in [5, 5.41) is 5.40. The van der Waals surface area contributed by atoms with Gasteiger partial charge in [-0.05, 0) is 54.7 Å². The van der Waals surface area contributed by atoms with Crippen molar-refractivity contribution in [3.8, 4) is 17.2 Å². The number of carbonyl (C=O) groups excluding carboxylic acids is 4. The zero-order valence-corrected chi connectivity index (χ0v) is 20.1. The third-order valence-corrected chi connectivity index (χ3v) is 6.82. The van der Waals surface area contributed by atoms with Crippen molar-refractivity contribution in [3.05, 3.63) is 64.7 Å². The number of rotatable bonds is 6. The fourth-order valence-electron chi connectivity index (χ4n) is 5.03. The predicted octanol–water partition coefficient (Wildman–Crippen LogP) is 3.63. The van der Waals surface area contributed by atoms with Crippen molar-refractivity contribution < 1.29 is 33.4 Å². The number of hydrogen-bond donors (Lipinski definition) is 0. The summed E-state index contributed by atoms with van der Waals surface area (Å²) in [5.41, 5.74) is 0.444. The van der Waals surface area contributed by atoms with Crippen LogP contribution in [0.15, 0.2) is 53.7 Å².